The molecule has 1 N–H and O–H groups in total. The quantitative estimate of drug-likeness (QED) is 0.486. The molecule has 92 valence electrons. The lowest BCUT2D eigenvalue weighted by atomic mass is 10.1. The summed E-state index contributed by atoms with van der Waals surface area (Å²) in [4.78, 5) is 14.2. The fraction of sp³-hybridized carbons (Fsp3) is 0.333. The van der Waals surface area contributed by atoms with E-state index < -0.39 is 4.92 Å². The van der Waals surface area contributed by atoms with Gasteiger partial charge in [0.1, 0.15) is 11.6 Å². The Morgan fingerprint density at radius 1 is 1.72 bits per heavy atom. The van der Waals surface area contributed by atoms with Crippen molar-refractivity contribution in [1.82, 2.24) is 4.98 Å². The first kappa shape index (κ1) is 13.5. The van der Waals surface area contributed by atoms with Crippen molar-refractivity contribution in [1.29, 1.82) is 5.26 Å². The van der Waals surface area contributed by atoms with Gasteiger partial charge in [0.15, 0.2) is 0 Å². The summed E-state index contributed by atoms with van der Waals surface area (Å²) >= 11 is 0. The number of terminal acetylenes is 1. The fourth-order valence-corrected chi connectivity index (χ4v) is 1.49. The highest BCUT2D eigenvalue weighted by Crippen LogP contribution is 2.26. The fourth-order valence-electron chi connectivity index (χ4n) is 1.49. The molecule has 0 spiro atoms. The average Bonchev–Trinajstić information content (AvgIpc) is 2.37. The van der Waals surface area contributed by atoms with Crippen molar-refractivity contribution in [2.45, 2.75) is 25.8 Å². The highest BCUT2D eigenvalue weighted by atomic mass is 16.6. The smallest absolute Gasteiger partial charge is 0.329 e. The molecular formula is C12H12N4O2. The van der Waals surface area contributed by atoms with Crippen molar-refractivity contribution in [2.24, 2.45) is 0 Å². The van der Waals surface area contributed by atoms with Gasteiger partial charge >= 0.3 is 5.69 Å². The minimum absolute atomic E-state index is 0.0373. The Labute approximate surface area is 105 Å². The average molecular weight is 244 g/mol. The number of nitrogens with one attached hydrogen (secondary N) is 1. The third-order valence-electron chi connectivity index (χ3n) is 2.32. The van der Waals surface area contributed by atoms with E-state index in [0.717, 1.165) is 6.42 Å². The molecule has 1 unspecified atom stereocenters. The molecule has 6 heteroatoms. The molecule has 1 aromatic rings. The number of rotatable bonds is 5. The predicted octanol–water partition coefficient (Wildman–Crippen LogP) is 2.08. The van der Waals surface area contributed by atoms with Gasteiger partial charge in [-0.05, 0) is 12.5 Å². The summed E-state index contributed by atoms with van der Waals surface area (Å²) in [6.07, 6.45) is 8.18. The first-order valence-corrected chi connectivity index (χ1v) is 5.40. The van der Waals surface area contributed by atoms with Crippen LogP contribution in [0.1, 0.15) is 25.3 Å². The Bertz CT molecular complexity index is 528. The molecule has 0 aliphatic carbocycles. The van der Waals surface area contributed by atoms with Gasteiger partial charge in [0.05, 0.1) is 11.0 Å². The zero-order valence-corrected chi connectivity index (χ0v) is 9.88. The van der Waals surface area contributed by atoms with E-state index in [-0.39, 0.29) is 23.1 Å². The largest absolute Gasteiger partial charge is 0.351 e. The lowest BCUT2D eigenvalue weighted by molar-refractivity contribution is -0.384. The summed E-state index contributed by atoms with van der Waals surface area (Å²) in [5, 5.41) is 22.6. The number of nitro groups is 1. The van der Waals surface area contributed by atoms with Crippen molar-refractivity contribution < 1.29 is 4.92 Å². The second kappa shape index (κ2) is 6.21. The molecule has 0 radical (unpaired) electrons. The number of hydrogen-bond acceptors (Lipinski definition) is 5. The Balaban J connectivity index is 3.14. The highest BCUT2D eigenvalue weighted by Gasteiger charge is 2.22. The second-order valence-electron chi connectivity index (χ2n) is 3.58. The SMILES string of the molecule is C#CC(CCC)Nc1nccc(C#N)c1[N+](=O)[O-]. The minimum atomic E-state index is -0.632. The van der Waals surface area contributed by atoms with Crippen LogP contribution >= 0.6 is 0 Å². The Kier molecular flexibility index (Phi) is 4.65. The van der Waals surface area contributed by atoms with Gasteiger partial charge in [0.2, 0.25) is 5.82 Å². The summed E-state index contributed by atoms with van der Waals surface area (Å²) in [5.41, 5.74) is -0.374. The van der Waals surface area contributed by atoms with Gasteiger partial charge in [0.25, 0.3) is 0 Å². The van der Waals surface area contributed by atoms with E-state index in [1.807, 2.05) is 6.92 Å². The molecule has 0 saturated heterocycles. The number of nitrogens with zero attached hydrogens (tertiary/aromatic N) is 3. The van der Waals surface area contributed by atoms with E-state index in [0.29, 0.717) is 6.42 Å². The molecule has 0 amide bonds. The molecule has 0 bridgehead atoms. The number of anilines is 1. The molecule has 1 atom stereocenters. The van der Waals surface area contributed by atoms with Crippen molar-refractivity contribution in [3.05, 3.63) is 27.9 Å². The normalized spacial score (nSPS) is 11.1. The zero-order chi connectivity index (χ0) is 13.5. The number of aromatic nitrogens is 1. The third kappa shape index (κ3) is 2.96. The second-order valence-corrected chi connectivity index (χ2v) is 3.58. The maximum atomic E-state index is 11.0. The maximum absolute atomic E-state index is 11.0. The predicted molar refractivity (Wildman–Crippen MR) is 66.8 cm³/mol. The Morgan fingerprint density at radius 3 is 2.94 bits per heavy atom. The van der Waals surface area contributed by atoms with Crippen molar-refractivity contribution in [3.63, 3.8) is 0 Å². The van der Waals surface area contributed by atoms with Crippen LogP contribution in [0.2, 0.25) is 0 Å². The highest BCUT2D eigenvalue weighted by molar-refractivity contribution is 5.64. The molecule has 18 heavy (non-hydrogen) atoms. The van der Waals surface area contributed by atoms with Crippen LogP contribution in [0.3, 0.4) is 0 Å². The monoisotopic (exact) mass is 244 g/mol. The van der Waals surface area contributed by atoms with Crippen LogP contribution in [0.4, 0.5) is 11.5 Å². The standard InChI is InChI=1S/C12H12N4O2/c1-3-5-10(4-2)15-12-11(16(17)18)9(8-13)6-7-14-12/h2,6-7,10H,3,5H2,1H3,(H,14,15). The van der Waals surface area contributed by atoms with Gasteiger partial charge in [-0.25, -0.2) is 4.98 Å². The lowest BCUT2D eigenvalue weighted by Gasteiger charge is -2.12. The summed E-state index contributed by atoms with van der Waals surface area (Å²) in [5.74, 6) is 2.54. The van der Waals surface area contributed by atoms with Crippen LogP contribution in [-0.4, -0.2) is 15.9 Å². The van der Waals surface area contributed by atoms with E-state index in [2.05, 4.69) is 16.2 Å². The van der Waals surface area contributed by atoms with Gasteiger partial charge < -0.3 is 5.32 Å². The third-order valence-corrected chi connectivity index (χ3v) is 2.32. The number of hydrogen-bond donors (Lipinski definition) is 1. The maximum Gasteiger partial charge on any atom is 0.329 e. The van der Waals surface area contributed by atoms with Crippen LogP contribution in [-0.2, 0) is 0 Å². The van der Waals surface area contributed by atoms with Gasteiger partial charge in [-0.15, -0.1) is 6.42 Å². The zero-order valence-electron chi connectivity index (χ0n) is 9.88. The molecule has 0 fully saturated rings. The summed E-state index contributed by atoms with van der Waals surface area (Å²) < 4.78 is 0. The molecule has 6 nitrogen and oxygen atoms in total. The van der Waals surface area contributed by atoms with Crippen molar-refractivity contribution in [2.75, 3.05) is 5.32 Å². The van der Waals surface area contributed by atoms with Gasteiger partial charge in [-0.3, -0.25) is 10.1 Å². The summed E-state index contributed by atoms with van der Waals surface area (Å²) in [6, 6.07) is 2.73. The van der Waals surface area contributed by atoms with Crippen LogP contribution < -0.4 is 5.32 Å². The van der Waals surface area contributed by atoms with Gasteiger partial charge in [-0.1, -0.05) is 19.3 Å². The van der Waals surface area contributed by atoms with Crippen molar-refractivity contribution in [3.8, 4) is 18.4 Å². The van der Waals surface area contributed by atoms with E-state index in [9.17, 15) is 10.1 Å². The van der Waals surface area contributed by atoms with Gasteiger partial charge in [0, 0.05) is 6.20 Å². The van der Waals surface area contributed by atoms with E-state index in [4.69, 9.17) is 11.7 Å². The van der Waals surface area contributed by atoms with Gasteiger partial charge in [-0.2, -0.15) is 5.26 Å². The number of nitriles is 1. The molecule has 0 aliphatic rings. The van der Waals surface area contributed by atoms with E-state index >= 15 is 0 Å². The molecule has 0 saturated carbocycles. The molecule has 1 heterocycles. The topological polar surface area (TPSA) is 91.8 Å². The molecular weight excluding hydrogens is 232 g/mol. The van der Waals surface area contributed by atoms with Crippen LogP contribution in [0.15, 0.2) is 12.3 Å². The van der Waals surface area contributed by atoms with Crippen molar-refractivity contribution >= 4 is 11.5 Å². The summed E-state index contributed by atoms with van der Waals surface area (Å²) in [7, 11) is 0. The first-order chi connectivity index (χ1) is 8.63. The van der Waals surface area contributed by atoms with E-state index in [1.54, 1.807) is 6.07 Å². The molecule has 0 aliphatic heterocycles. The molecule has 1 aromatic heterocycles. The van der Waals surface area contributed by atoms with E-state index in [1.165, 1.54) is 12.3 Å². The van der Waals surface area contributed by atoms with Crippen LogP contribution in [0.25, 0.3) is 0 Å². The van der Waals surface area contributed by atoms with Crippen LogP contribution in [0.5, 0.6) is 0 Å². The number of pyridine rings is 1. The molecule has 0 aromatic carbocycles. The first-order valence-electron chi connectivity index (χ1n) is 5.40. The molecule has 1 rings (SSSR count). The Hall–Kier alpha value is -2.60. The Morgan fingerprint density at radius 2 is 2.44 bits per heavy atom. The van der Waals surface area contributed by atoms with Crippen LogP contribution in [0, 0.1) is 33.8 Å². The lowest BCUT2D eigenvalue weighted by Crippen LogP contribution is -2.18. The summed E-state index contributed by atoms with van der Waals surface area (Å²) in [6.45, 7) is 1.96. The minimum Gasteiger partial charge on any atom is -0.351 e.